The van der Waals surface area contributed by atoms with E-state index in [2.05, 4.69) is 15.7 Å². The molecule has 2 aliphatic heterocycles. The molecule has 0 aliphatic carbocycles. The Labute approximate surface area is 194 Å². The molecule has 1 unspecified atom stereocenters. The highest BCUT2D eigenvalue weighted by molar-refractivity contribution is 7.94. The number of carbonyl (C=O) groups excluding carboxylic acids is 1. The van der Waals surface area contributed by atoms with E-state index in [1.165, 1.54) is 24.3 Å². The first-order chi connectivity index (χ1) is 15.7. The van der Waals surface area contributed by atoms with E-state index in [1.807, 2.05) is 25.1 Å². The molecule has 2 aromatic carbocycles. The molecular formula is C22H27N3O6S2. The quantitative estimate of drug-likeness (QED) is 0.621. The molecular weight excluding hydrogens is 466 g/mol. The van der Waals surface area contributed by atoms with Gasteiger partial charge in [0, 0.05) is 32.1 Å². The Hall–Kier alpha value is -2.31. The molecule has 2 heterocycles. The highest BCUT2D eigenvalue weighted by Gasteiger charge is 2.36. The zero-order chi connectivity index (χ0) is 23.6. The second-order valence-corrected chi connectivity index (χ2v) is 11.9. The summed E-state index contributed by atoms with van der Waals surface area (Å²) in [6.45, 7) is 4.76. The summed E-state index contributed by atoms with van der Waals surface area (Å²) in [4.78, 5) is 14.2. The molecule has 0 aromatic heterocycles. The van der Waals surface area contributed by atoms with Gasteiger partial charge in [0.25, 0.3) is 0 Å². The molecule has 1 atom stereocenters. The third kappa shape index (κ3) is 5.28. The Morgan fingerprint density at radius 3 is 2.39 bits per heavy atom. The molecule has 1 N–H and O–H groups in total. The third-order valence-electron chi connectivity index (χ3n) is 5.84. The van der Waals surface area contributed by atoms with E-state index < -0.39 is 26.0 Å². The average Bonchev–Trinajstić information content (AvgIpc) is 3.07. The Morgan fingerprint density at radius 1 is 1.09 bits per heavy atom. The molecule has 0 saturated carbocycles. The highest BCUT2D eigenvalue weighted by atomic mass is 32.2. The first-order valence-electron chi connectivity index (χ1n) is 10.7. The first kappa shape index (κ1) is 23.8. The van der Waals surface area contributed by atoms with Crippen LogP contribution in [0, 0.1) is 6.92 Å². The van der Waals surface area contributed by atoms with E-state index in [9.17, 15) is 21.6 Å². The van der Waals surface area contributed by atoms with Crippen molar-refractivity contribution in [2.45, 2.75) is 24.3 Å². The average molecular weight is 494 g/mol. The summed E-state index contributed by atoms with van der Waals surface area (Å²) in [6.07, 6.45) is -0.0776. The number of aryl methyl sites for hydroxylation is 1. The van der Waals surface area contributed by atoms with Crippen LogP contribution in [0.15, 0.2) is 53.4 Å². The number of amides is 1. The van der Waals surface area contributed by atoms with Crippen LogP contribution in [0.4, 0.5) is 5.69 Å². The fourth-order valence-corrected chi connectivity index (χ4v) is 6.62. The molecule has 2 saturated heterocycles. The zero-order valence-corrected chi connectivity index (χ0v) is 19.9. The standard InChI is InChI=1S/C22H27N3O6S2/c1-17-3-2-4-18(15-17)21(24-10-12-31-13-11-24)16-23-33(29,30)20-7-5-19(6-8-20)25-22(26)9-14-32(25,27)28/h2-8,15,21,23H,9-14,16H2,1H3. The van der Waals surface area contributed by atoms with Crippen LogP contribution in [-0.2, 0) is 29.6 Å². The van der Waals surface area contributed by atoms with Crippen LogP contribution in [0.3, 0.4) is 0 Å². The molecule has 9 nitrogen and oxygen atoms in total. The number of rotatable bonds is 7. The predicted octanol–water partition coefficient (Wildman–Crippen LogP) is 1.41. The van der Waals surface area contributed by atoms with Crippen molar-refractivity contribution in [1.29, 1.82) is 0 Å². The molecule has 11 heteroatoms. The minimum Gasteiger partial charge on any atom is -0.379 e. The SMILES string of the molecule is Cc1cccc(C(CNS(=O)(=O)c2ccc(N3C(=O)CCS3(=O)=O)cc2)N2CCOCC2)c1. The van der Waals surface area contributed by atoms with Crippen LogP contribution in [0.1, 0.15) is 23.6 Å². The van der Waals surface area contributed by atoms with Gasteiger partial charge < -0.3 is 4.74 Å². The number of benzene rings is 2. The van der Waals surface area contributed by atoms with Crippen molar-refractivity contribution in [2.75, 3.05) is 42.9 Å². The second kappa shape index (κ2) is 9.51. The Kier molecular flexibility index (Phi) is 6.87. The molecule has 2 fully saturated rings. The fourth-order valence-electron chi connectivity index (χ4n) is 4.13. The van der Waals surface area contributed by atoms with Gasteiger partial charge in [-0.25, -0.2) is 25.9 Å². The maximum absolute atomic E-state index is 13.0. The van der Waals surface area contributed by atoms with Gasteiger partial charge in [-0.2, -0.15) is 0 Å². The lowest BCUT2D eigenvalue weighted by molar-refractivity contribution is -0.116. The largest absolute Gasteiger partial charge is 0.379 e. The normalized spacial score (nSPS) is 20.2. The van der Waals surface area contributed by atoms with E-state index in [4.69, 9.17) is 4.74 Å². The van der Waals surface area contributed by atoms with Crippen molar-refractivity contribution in [1.82, 2.24) is 9.62 Å². The second-order valence-electron chi connectivity index (χ2n) is 8.15. The topological polar surface area (TPSA) is 113 Å². The van der Waals surface area contributed by atoms with Crippen LogP contribution < -0.4 is 9.03 Å². The van der Waals surface area contributed by atoms with E-state index in [0.29, 0.717) is 26.3 Å². The molecule has 0 radical (unpaired) electrons. The summed E-state index contributed by atoms with van der Waals surface area (Å²) in [5.41, 5.74) is 2.26. The van der Waals surface area contributed by atoms with Gasteiger partial charge in [-0.3, -0.25) is 9.69 Å². The van der Waals surface area contributed by atoms with Gasteiger partial charge in [-0.05, 0) is 36.8 Å². The maximum Gasteiger partial charge on any atom is 0.242 e. The van der Waals surface area contributed by atoms with Crippen molar-refractivity contribution in [3.05, 3.63) is 59.7 Å². The van der Waals surface area contributed by atoms with Crippen LogP contribution in [0.5, 0.6) is 0 Å². The first-order valence-corrected chi connectivity index (χ1v) is 13.8. The molecule has 2 aliphatic rings. The maximum atomic E-state index is 13.0. The molecule has 1 amide bonds. The van der Waals surface area contributed by atoms with Gasteiger partial charge >= 0.3 is 0 Å². The number of hydrogen-bond acceptors (Lipinski definition) is 7. The van der Waals surface area contributed by atoms with E-state index in [-0.39, 0.29) is 35.3 Å². The summed E-state index contributed by atoms with van der Waals surface area (Å²) >= 11 is 0. The van der Waals surface area contributed by atoms with Crippen molar-refractivity contribution < 1.29 is 26.4 Å². The van der Waals surface area contributed by atoms with E-state index in [1.54, 1.807) is 0 Å². The van der Waals surface area contributed by atoms with Gasteiger partial charge in [0.2, 0.25) is 26.0 Å². The summed E-state index contributed by atoms with van der Waals surface area (Å²) in [6, 6.07) is 13.2. The predicted molar refractivity (Wildman–Crippen MR) is 124 cm³/mol. The number of nitrogens with one attached hydrogen (secondary N) is 1. The van der Waals surface area contributed by atoms with Crippen molar-refractivity contribution in [2.24, 2.45) is 0 Å². The van der Waals surface area contributed by atoms with Gasteiger partial charge in [-0.15, -0.1) is 0 Å². The van der Waals surface area contributed by atoms with Crippen molar-refractivity contribution in [3.8, 4) is 0 Å². The summed E-state index contributed by atoms with van der Waals surface area (Å²) < 4.78 is 59.1. The van der Waals surface area contributed by atoms with Crippen LogP contribution in [-0.4, -0.2) is 66.2 Å². The molecule has 2 aromatic rings. The van der Waals surface area contributed by atoms with Crippen LogP contribution in [0.25, 0.3) is 0 Å². The van der Waals surface area contributed by atoms with Crippen molar-refractivity contribution in [3.63, 3.8) is 0 Å². The van der Waals surface area contributed by atoms with Crippen molar-refractivity contribution >= 4 is 31.6 Å². The van der Waals surface area contributed by atoms with Crippen LogP contribution in [0.2, 0.25) is 0 Å². The molecule has 178 valence electrons. The number of morpholine rings is 1. The molecule has 0 bridgehead atoms. The Morgan fingerprint density at radius 2 is 1.79 bits per heavy atom. The zero-order valence-electron chi connectivity index (χ0n) is 18.3. The molecule has 33 heavy (non-hydrogen) atoms. The minimum atomic E-state index is -3.86. The molecule has 4 rings (SSSR count). The van der Waals surface area contributed by atoms with Gasteiger partial charge in [0.1, 0.15) is 0 Å². The summed E-state index contributed by atoms with van der Waals surface area (Å²) in [7, 11) is -7.56. The number of hydrogen-bond donors (Lipinski definition) is 1. The van der Waals surface area contributed by atoms with Crippen LogP contribution >= 0.6 is 0 Å². The Balaban J connectivity index is 1.52. The lowest BCUT2D eigenvalue weighted by Crippen LogP contribution is -2.43. The number of nitrogens with zero attached hydrogens (tertiary/aromatic N) is 2. The van der Waals surface area contributed by atoms with Gasteiger partial charge in [0.15, 0.2) is 0 Å². The number of anilines is 1. The highest BCUT2D eigenvalue weighted by Crippen LogP contribution is 2.27. The lowest BCUT2D eigenvalue weighted by Gasteiger charge is -2.35. The summed E-state index contributed by atoms with van der Waals surface area (Å²) in [5.74, 6) is -0.759. The number of ether oxygens (including phenoxy) is 1. The smallest absolute Gasteiger partial charge is 0.242 e. The monoisotopic (exact) mass is 493 g/mol. The van der Waals surface area contributed by atoms with Gasteiger partial charge in [-0.1, -0.05) is 29.8 Å². The summed E-state index contributed by atoms with van der Waals surface area (Å²) in [5, 5.41) is 0. The van der Waals surface area contributed by atoms with E-state index in [0.717, 1.165) is 15.4 Å². The number of carbonyl (C=O) groups is 1. The Bertz CT molecular complexity index is 1220. The number of sulfonamides is 2. The minimum absolute atomic E-state index is 0.000244. The van der Waals surface area contributed by atoms with Gasteiger partial charge in [0.05, 0.1) is 29.5 Å². The lowest BCUT2D eigenvalue weighted by atomic mass is 10.0. The fraction of sp³-hybridized carbons (Fsp3) is 0.409. The van der Waals surface area contributed by atoms with E-state index >= 15 is 0 Å². The third-order valence-corrected chi connectivity index (χ3v) is 8.97. The molecule has 0 spiro atoms.